The number of allylic oxidation sites excluding steroid dienone is 2. The summed E-state index contributed by atoms with van der Waals surface area (Å²) in [6, 6.07) is 0. The highest BCUT2D eigenvalue weighted by Gasteiger charge is 2.04. The summed E-state index contributed by atoms with van der Waals surface area (Å²) in [5.74, 6) is -0.855. The number of halogens is 2. The molecule has 0 aromatic heterocycles. The molecule has 0 amide bonds. The van der Waals surface area contributed by atoms with Crippen LogP contribution < -0.4 is 0 Å². The summed E-state index contributed by atoms with van der Waals surface area (Å²) in [4.78, 5) is 9.92. The van der Waals surface area contributed by atoms with Crippen LogP contribution in [0.5, 0.6) is 0 Å². The van der Waals surface area contributed by atoms with Crippen molar-refractivity contribution in [3.8, 4) is 0 Å². The van der Waals surface area contributed by atoms with E-state index in [-0.39, 0.29) is 0 Å². The van der Waals surface area contributed by atoms with Gasteiger partial charge in [0, 0.05) is 0 Å². The fourth-order valence-corrected chi connectivity index (χ4v) is 0.386. The topological polar surface area (TPSA) is 17.1 Å². The van der Waals surface area contributed by atoms with Gasteiger partial charge in [0.15, 0.2) is 5.83 Å². The van der Waals surface area contributed by atoms with E-state index in [4.69, 9.17) is 11.6 Å². The molecule has 0 rings (SSSR count). The summed E-state index contributed by atoms with van der Waals surface area (Å²) in [6.45, 7) is 2.96. The van der Waals surface area contributed by atoms with Gasteiger partial charge in [-0.15, -0.1) is 0 Å². The van der Waals surface area contributed by atoms with Crippen molar-refractivity contribution < 1.29 is 9.18 Å². The van der Waals surface area contributed by atoms with Crippen molar-refractivity contribution in [1.82, 2.24) is 0 Å². The van der Waals surface area contributed by atoms with Crippen molar-refractivity contribution in [3.05, 3.63) is 11.4 Å². The maximum absolute atomic E-state index is 12.0. The lowest BCUT2D eigenvalue weighted by Gasteiger charge is -1.87. The van der Waals surface area contributed by atoms with E-state index in [1.807, 2.05) is 0 Å². The Bertz CT molecular complexity index is 135. The van der Waals surface area contributed by atoms with Gasteiger partial charge in [0.05, 0.1) is 0 Å². The maximum Gasteiger partial charge on any atom is 0.280 e. The Morgan fingerprint density at radius 2 is 1.88 bits per heavy atom. The molecule has 8 heavy (non-hydrogen) atoms. The molecule has 0 aliphatic carbocycles. The van der Waals surface area contributed by atoms with Gasteiger partial charge in [-0.2, -0.15) is 0 Å². The summed E-state index contributed by atoms with van der Waals surface area (Å²) >= 11 is 4.75. The normalized spacial score (nSPS) is 8.50. The molecular weight excluding hydrogens is 131 g/mol. The van der Waals surface area contributed by atoms with Crippen molar-refractivity contribution in [2.24, 2.45) is 0 Å². The average Bonchev–Trinajstić information content (AvgIpc) is 1.64. The summed E-state index contributed by atoms with van der Waals surface area (Å²) in [6.07, 6.45) is 0. The molecule has 0 spiro atoms. The molecule has 0 unspecified atom stereocenters. The Hall–Kier alpha value is -0.370. The second-order valence-corrected chi connectivity index (χ2v) is 1.93. The zero-order valence-electron chi connectivity index (χ0n) is 4.66. The van der Waals surface area contributed by atoms with Gasteiger partial charge in [0.25, 0.3) is 5.24 Å². The molecule has 0 saturated heterocycles. The van der Waals surface area contributed by atoms with Crippen LogP contribution in [0.15, 0.2) is 11.4 Å². The molecule has 0 N–H and O–H groups in total. The first-order chi connectivity index (χ1) is 3.55. The van der Waals surface area contributed by atoms with Gasteiger partial charge < -0.3 is 0 Å². The summed E-state index contributed by atoms with van der Waals surface area (Å²) in [7, 11) is 0. The second-order valence-electron chi connectivity index (χ2n) is 1.59. The van der Waals surface area contributed by atoms with Crippen LogP contribution in [0.3, 0.4) is 0 Å². The van der Waals surface area contributed by atoms with E-state index in [9.17, 15) is 9.18 Å². The summed E-state index contributed by atoms with van der Waals surface area (Å²) < 4.78 is 12.0. The molecule has 3 heteroatoms. The van der Waals surface area contributed by atoms with E-state index >= 15 is 0 Å². The summed E-state index contributed by atoms with van der Waals surface area (Å²) in [5.41, 5.74) is 0.310. The van der Waals surface area contributed by atoms with Crippen molar-refractivity contribution in [3.63, 3.8) is 0 Å². The molecule has 0 saturated carbocycles. The SMILES string of the molecule is CC(C)=C(F)C(=O)Cl. The maximum atomic E-state index is 12.0. The molecule has 0 aliphatic heterocycles. The molecule has 46 valence electrons. The van der Waals surface area contributed by atoms with Crippen LogP contribution in [0, 0.1) is 0 Å². The molecule has 1 nitrogen and oxygen atoms in total. The van der Waals surface area contributed by atoms with E-state index in [0.29, 0.717) is 5.57 Å². The van der Waals surface area contributed by atoms with Crippen LogP contribution in [0.4, 0.5) is 4.39 Å². The first kappa shape index (κ1) is 7.63. The minimum Gasteiger partial charge on any atom is -0.273 e. The van der Waals surface area contributed by atoms with Crippen molar-refractivity contribution >= 4 is 16.8 Å². The van der Waals surface area contributed by atoms with Crippen LogP contribution in [-0.4, -0.2) is 5.24 Å². The minimum absolute atomic E-state index is 0.310. The van der Waals surface area contributed by atoms with Crippen LogP contribution in [0.25, 0.3) is 0 Å². The number of carbonyl (C=O) groups is 1. The second kappa shape index (κ2) is 2.82. The quantitative estimate of drug-likeness (QED) is 0.398. The van der Waals surface area contributed by atoms with Crippen molar-refractivity contribution in [1.29, 1.82) is 0 Å². The lowest BCUT2D eigenvalue weighted by molar-refractivity contribution is -0.109. The van der Waals surface area contributed by atoms with Gasteiger partial charge in [-0.25, -0.2) is 4.39 Å². The fraction of sp³-hybridized carbons (Fsp3) is 0.400. The smallest absolute Gasteiger partial charge is 0.273 e. The molecule has 0 heterocycles. The molecular formula is C5H6ClFO. The van der Waals surface area contributed by atoms with Crippen LogP contribution in [0.2, 0.25) is 0 Å². The molecule has 0 radical (unpaired) electrons. The highest BCUT2D eigenvalue weighted by molar-refractivity contribution is 6.67. The molecule has 0 aromatic rings. The minimum atomic E-state index is -1.02. The zero-order valence-corrected chi connectivity index (χ0v) is 5.42. The van der Waals surface area contributed by atoms with E-state index in [0.717, 1.165) is 0 Å². The predicted octanol–water partition coefficient (Wildman–Crippen LogP) is 2.02. The van der Waals surface area contributed by atoms with Gasteiger partial charge in [0.2, 0.25) is 0 Å². The van der Waals surface area contributed by atoms with Crippen molar-refractivity contribution in [2.75, 3.05) is 0 Å². The van der Waals surface area contributed by atoms with E-state index in [1.54, 1.807) is 0 Å². The molecule has 0 atom stereocenters. The van der Waals surface area contributed by atoms with Crippen LogP contribution >= 0.6 is 11.6 Å². The first-order valence-electron chi connectivity index (χ1n) is 2.08. The molecule has 0 bridgehead atoms. The molecule has 0 aliphatic rings. The highest BCUT2D eigenvalue weighted by atomic mass is 35.5. The Morgan fingerprint density at radius 1 is 1.50 bits per heavy atom. The third-order valence-electron chi connectivity index (χ3n) is 0.612. The third kappa shape index (κ3) is 2.07. The van der Waals surface area contributed by atoms with E-state index < -0.39 is 11.1 Å². The zero-order chi connectivity index (χ0) is 6.73. The fourth-order valence-electron chi connectivity index (χ4n) is 0.197. The largest absolute Gasteiger partial charge is 0.280 e. The lowest BCUT2D eigenvalue weighted by atomic mass is 10.3. The van der Waals surface area contributed by atoms with Gasteiger partial charge in [-0.3, -0.25) is 4.79 Å². The van der Waals surface area contributed by atoms with E-state index in [1.165, 1.54) is 13.8 Å². The van der Waals surface area contributed by atoms with Gasteiger partial charge in [-0.1, -0.05) is 0 Å². The Balaban J connectivity index is 4.23. The third-order valence-corrected chi connectivity index (χ3v) is 0.777. The monoisotopic (exact) mass is 136 g/mol. The predicted molar refractivity (Wildman–Crippen MR) is 30.3 cm³/mol. The number of rotatable bonds is 1. The highest BCUT2D eigenvalue weighted by Crippen LogP contribution is 2.07. The Morgan fingerprint density at radius 3 is 1.88 bits per heavy atom. The Kier molecular flexibility index (Phi) is 2.69. The molecule has 0 fully saturated rings. The molecule has 0 aromatic carbocycles. The van der Waals surface area contributed by atoms with Gasteiger partial charge >= 0.3 is 0 Å². The standard InChI is InChI=1S/C5H6ClFO/c1-3(2)4(7)5(6)8/h1-2H3. The number of carbonyl (C=O) groups excluding carboxylic acids is 1. The van der Waals surface area contributed by atoms with Gasteiger partial charge in [0.1, 0.15) is 0 Å². The summed E-state index contributed by atoms with van der Waals surface area (Å²) in [5, 5.41) is -1.02. The van der Waals surface area contributed by atoms with Crippen molar-refractivity contribution in [2.45, 2.75) is 13.8 Å². The lowest BCUT2D eigenvalue weighted by Crippen LogP contribution is -1.87. The number of hydrogen-bond donors (Lipinski definition) is 0. The number of hydrogen-bond acceptors (Lipinski definition) is 1. The average molecular weight is 137 g/mol. The van der Waals surface area contributed by atoms with Crippen LogP contribution in [-0.2, 0) is 4.79 Å². The van der Waals surface area contributed by atoms with E-state index in [2.05, 4.69) is 0 Å². The van der Waals surface area contributed by atoms with Gasteiger partial charge in [-0.05, 0) is 31.0 Å². The Labute approximate surface area is 52.1 Å². The van der Waals surface area contributed by atoms with Crippen LogP contribution in [0.1, 0.15) is 13.8 Å². The first-order valence-corrected chi connectivity index (χ1v) is 2.46.